The highest BCUT2D eigenvalue weighted by Gasteiger charge is 2.19. The maximum Gasteiger partial charge on any atom is 0.332 e. The Bertz CT molecular complexity index is 1240. The van der Waals surface area contributed by atoms with Crippen LogP contribution < -0.4 is 16.0 Å². The second-order valence-electron chi connectivity index (χ2n) is 8.30. The number of benzene rings is 1. The Morgan fingerprint density at radius 2 is 1.66 bits per heavy atom. The van der Waals surface area contributed by atoms with Gasteiger partial charge in [-0.2, -0.15) is 0 Å². The van der Waals surface area contributed by atoms with E-state index in [4.69, 9.17) is 4.74 Å². The van der Waals surface area contributed by atoms with E-state index in [0.717, 1.165) is 37.2 Å². The summed E-state index contributed by atoms with van der Waals surface area (Å²) in [7, 11) is 3.95. The minimum Gasteiger partial charge on any atom is -0.490 e. The zero-order valence-electron chi connectivity index (χ0n) is 19.2. The first-order valence-corrected chi connectivity index (χ1v) is 11.3. The molecule has 1 aliphatic rings. The van der Waals surface area contributed by atoms with Crippen molar-refractivity contribution >= 4 is 23.3 Å². The quantitative estimate of drug-likeness (QED) is 0.593. The van der Waals surface area contributed by atoms with Crippen molar-refractivity contribution in [3.05, 3.63) is 56.5 Å². The minimum absolute atomic E-state index is 0.274. The predicted octanol–water partition coefficient (Wildman–Crippen LogP) is 2.58. The van der Waals surface area contributed by atoms with Gasteiger partial charge in [-0.15, -0.1) is 0 Å². The number of imidazole rings is 1. The minimum atomic E-state index is -0.318. The van der Waals surface area contributed by atoms with E-state index in [1.807, 2.05) is 43.3 Å². The summed E-state index contributed by atoms with van der Waals surface area (Å²) in [6.45, 7) is 6.60. The van der Waals surface area contributed by atoms with Gasteiger partial charge in [0.15, 0.2) is 11.2 Å². The number of aromatic nitrogens is 4. The maximum atomic E-state index is 12.8. The van der Waals surface area contributed by atoms with Crippen LogP contribution in [-0.4, -0.2) is 49.8 Å². The second-order valence-corrected chi connectivity index (χ2v) is 8.30. The van der Waals surface area contributed by atoms with Crippen molar-refractivity contribution in [2.75, 3.05) is 20.1 Å². The van der Waals surface area contributed by atoms with Gasteiger partial charge in [-0.05, 0) is 57.5 Å². The van der Waals surface area contributed by atoms with E-state index in [0.29, 0.717) is 30.1 Å². The van der Waals surface area contributed by atoms with Gasteiger partial charge in [-0.25, -0.2) is 9.78 Å². The molecule has 0 N–H and O–H groups in total. The number of ether oxygens (including phenoxy) is 1. The monoisotopic (exact) mass is 437 g/mol. The lowest BCUT2D eigenvalue weighted by atomic mass is 10.1. The number of fused-ring (bicyclic) bond motifs is 1. The summed E-state index contributed by atoms with van der Waals surface area (Å²) < 4.78 is 10.7. The molecule has 3 aromatic rings. The molecule has 8 heteroatoms. The molecule has 0 amide bonds. The number of likely N-dealkylation sites (tertiary alicyclic amines) is 1. The van der Waals surface area contributed by atoms with Crippen molar-refractivity contribution in [1.29, 1.82) is 0 Å². The van der Waals surface area contributed by atoms with Gasteiger partial charge in [-0.3, -0.25) is 13.9 Å². The van der Waals surface area contributed by atoms with Gasteiger partial charge in [0.2, 0.25) is 0 Å². The first-order valence-electron chi connectivity index (χ1n) is 11.3. The molecule has 0 spiro atoms. The second kappa shape index (κ2) is 9.16. The molecule has 0 bridgehead atoms. The molecule has 0 saturated carbocycles. The van der Waals surface area contributed by atoms with Gasteiger partial charge in [0.25, 0.3) is 5.56 Å². The molecule has 0 aliphatic carbocycles. The van der Waals surface area contributed by atoms with E-state index < -0.39 is 0 Å². The molecule has 1 fully saturated rings. The van der Waals surface area contributed by atoms with Crippen LogP contribution >= 0.6 is 0 Å². The first kappa shape index (κ1) is 22.1. The van der Waals surface area contributed by atoms with E-state index in [1.54, 1.807) is 23.1 Å². The number of hydrogen-bond acceptors (Lipinski definition) is 5. The Hall–Kier alpha value is -3.13. The van der Waals surface area contributed by atoms with Gasteiger partial charge in [-0.1, -0.05) is 18.2 Å². The third-order valence-electron chi connectivity index (χ3n) is 6.18. The highest BCUT2D eigenvalue weighted by atomic mass is 16.5. The molecule has 1 aromatic carbocycles. The number of hydrogen-bond donors (Lipinski definition) is 0. The Balaban J connectivity index is 1.57. The zero-order chi connectivity index (χ0) is 22.8. The molecule has 0 unspecified atom stereocenters. The van der Waals surface area contributed by atoms with Crippen LogP contribution in [0.5, 0.6) is 5.75 Å². The molecule has 1 aliphatic heterocycles. The predicted molar refractivity (Wildman–Crippen MR) is 127 cm³/mol. The topological polar surface area (TPSA) is 74.3 Å². The lowest BCUT2D eigenvalue weighted by Gasteiger charge is -2.29. The molecule has 32 heavy (non-hydrogen) atoms. The Labute approximate surface area is 187 Å². The van der Waals surface area contributed by atoms with Gasteiger partial charge < -0.3 is 14.2 Å². The number of piperidine rings is 1. The lowest BCUT2D eigenvalue weighted by Crippen LogP contribution is -2.39. The number of nitrogens with zero attached hydrogens (tertiary/aromatic N) is 5. The van der Waals surface area contributed by atoms with Gasteiger partial charge in [0.1, 0.15) is 17.7 Å². The summed E-state index contributed by atoms with van der Waals surface area (Å²) in [6, 6.07) is 7.99. The van der Waals surface area contributed by atoms with Crippen LogP contribution in [0.25, 0.3) is 23.3 Å². The normalized spacial score (nSPS) is 15.8. The van der Waals surface area contributed by atoms with Gasteiger partial charge in [0, 0.05) is 33.2 Å². The lowest BCUT2D eigenvalue weighted by molar-refractivity contribution is 0.114. The van der Waals surface area contributed by atoms with Crippen molar-refractivity contribution in [1.82, 2.24) is 23.6 Å². The molecular weight excluding hydrogens is 406 g/mol. The van der Waals surface area contributed by atoms with Crippen LogP contribution in [0.15, 0.2) is 33.9 Å². The maximum absolute atomic E-state index is 12.8. The van der Waals surface area contributed by atoms with Crippen LogP contribution in [0.3, 0.4) is 0 Å². The summed E-state index contributed by atoms with van der Waals surface area (Å²) in [5.41, 5.74) is 1.25. The van der Waals surface area contributed by atoms with E-state index in [-0.39, 0.29) is 17.4 Å². The van der Waals surface area contributed by atoms with Crippen LogP contribution in [-0.2, 0) is 20.1 Å². The van der Waals surface area contributed by atoms with Gasteiger partial charge in [0.05, 0.1) is 0 Å². The highest BCUT2D eigenvalue weighted by Crippen LogP contribution is 2.20. The molecule has 2 aromatic heterocycles. The van der Waals surface area contributed by atoms with Crippen molar-refractivity contribution in [3.8, 4) is 5.75 Å². The molecule has 4 rings (SSSR count). The van der Waals surface area contributed by atoms with Crippen molar-refractivity contribution in [3.63, 3.8) is 0 Å². The van der Waals surface area contributed by atoms with E-state index in [1.165, 1.54) is 4.57 Å². The van der Waals surface area contributed by atoms with Crippen LogP contribution in [0, 0.1) is 0 Å². The summed E-state index contributed by atoms with van der Waals surface area (Å²) in [4.78, 5) is 32.3. The zero-order valence-corrected chi connectivity index (χ0v) is 19.2. The van der Waals surface area contributed by atoms with E-state index in [9.17, 15) is 9.59 Å². The fourth-order valence-electron chi connectivity index (χ4n) is 4.22. The standard InChI is InChI=1S/C24H31N5O3/c1-5-28-22-21(23(30)29(6-2)24(28)31)27(4)20(25-22)12-9-17-7-10-18(11-8-17)32-19-13-15-26(3)16-14-19/h7-12,19H,5-6,13-16H2,1-4H3. The molecule has 3 heterocycles. The summed E-state index contributed by atoms with van der Waals surface area (Å²) in [5, 5.41) is 0. The van der Waals surface area contributed by atoms with Crippen LogP contribution in [0.1, 0.15) is 38.1 Å². The third-order valence-corrected chi connectivity index (χ3v) is 6.18. The number of rotatable bonds is 6. The highest BCUT2D eigenvalue weighted by molar-refractivity contribution is 5.76. The molecule has 0 atom stereocenters. The van der Waals surface area contributed by atoms with E-state index in [2.05, 4.69) is 16.9 Å². The SMILES string of the molecule is CCn1c(=O)c2c(nc(C=Cc3ccc(OC4CCN(C)CC4)cc3)n2C)n(CC)c1=O. The smallest absolute Gasteiger partial charge is 0.332 e. The van der Waals surface area contributed by atoms with Crippen molar-refractivity contribution in [2.45, 2.75) is 45.9 Å². The molecule has 170 valence electrons. The Morgan fingerprint density at radius 1 is 1.00 bits per heavy atom. The largest absolute Gasteiger partial charge is 0.490 e. The molecule has 8 nitrogen and oxygen atoms in total. The average Bonchev–Trinajstić information content (AvgIpc) is 3.11. The van der Waals surface area contributed by atoms with Crippen LogP contribution in [0.4, 0.5) is 0 Å². The summed E-state index contributed by atoms with van der Waals surface area (Å²) in [5.74, 6) is 1.51. The Morgan fingerprint density at radius 3 is 2.28 bits per heavy atom. The molecule has 1 saturated heterocycles. The number of aryl methyl sites for hydroxylation is 2. The summed E-state index contributed by atoms with van der Waals surface area (Å²) in [6.07, 6.45) is 6.19. The fourth-order valence-corrected chi connectivity index (χ4v) is 4.22. The fraction of sp³-hybridized carbons (Fsp3) is 0.458. The third kappa shape index (κ3) is 4.14. The van der Waals surface area contributed by atoms with E-state index >= 15 is 0 Å². The van der Waals surface area contributed by atoms with Crippen molar-refractivity contribution < 1.29 is 4.74 Å². The summed E-state index contributed by atoms with van der Waals surface area (Å²) >= 11 is 0. The first-order chi connectivity index (χ1) is 15.4. The van der Waals surface area contributed by atoms with Gasteiger partial charge >= 0.3 is 5.69 Å². The average molecular weight is 438 g/mol. The van der Waals surface area contributed by atoms with Crippen molar-refractivity contribution in [2.24, 2.45) is 7.05 Å². The molecule has 0 radical (unpaired) electrons. The van der Waals surface area contributed by atoms with Crippen LogP contribution in [0.2, 0.25) is 0 Å². The Kier molecular flexibility index (Phi) is 6.32. The molecular formula is C24H31N5O3.